The molecule has 0 saturated carbocycles. The lowest BCUT2D eigenvalue weighted by Gasteiger charge is -2.43. The average Bonchev–Trinajstić information content (AvgIpc) is 1.86. The predicted molar refractivity (Wildman–Crippen MR) is 38.8 cm³/mol. The van der Waals surface area contributed by atoms with Gasteiger partial charge in [0.25, 0.3) is 0 Å². The van der Waals surface area contributed by atoms with Crippen LogP contribution in [0.4, 0.5) is 0 Å². The number of halogens is 1. The van der Waals surface area contributed by atoms with E-state index in [1.54, 1.807) is 0 Å². The zero-order valence-electron chi connectivity index (χ0n) is 5.43. The summed E-state index contributed by atoms with van der Waals surface area (Å²) in [4.78, 5) is 0. The normalized spacial score (nSPS) is 42.3. The quantitative estimate of drug-likeness (QED) is 0.664. The Morgan fingerprint density at radius 2 is 2.56 bits per heavy atom. The number of alkyl halides is 1. The third kappa shape index (κ3) is 1.28. The summed E-state index contributed by atoms with van der Waals surface area (Å²) < 4.78 is 5.03. The summed E-state index contributed by atoms with van der Waals surface area (Å²) in [7, 11) is 0. The van der Waals surface area contributed by atoms with Crippen LogP contribution in [0, 0.1) is 0 Å². The number of hydrogen-bond donors (Lipinski definition) is 1. The van der Waals surface area contributed by atoms with Gasteiger partial charge in [0.2, 0.25) is 0 Å². The van der Waals surface area contributed by atoms with Gasteiger partial charge in [0.1, 0.15) is 5.60 Å². The molecule has 2 nitrogen and oxygen atoms in total. The van der Waals surface area contributed by atoms with Crippen molar-refractivity contribution in [2.75, 3.05) is 11.9 Å². The molecule has 2 atom stereocenters. The second-order valence-electron chi connectivity index (χ2n) is 2.50. The molecule has 0 aliphatic carbocycles. The van der Waals surface area contributed by atoms with Gasteiger partial charge in [-0.15, -0.1) is 0 Å². The molecular weight excluding hydrogens is 184 g/mol. The molecule has 54 valence electrons. The molecule has 1 saturated heterocycles. The predicted octanol–water partition coefficient (Wildman–Crippen LogP) is 0.921. The number of hydrogen-bond acceptors (Lipinski definition) is 2. The van der Waals surface area contributed by atoms with Gasteiger partial charge in [-0.1, -0.05) is 15.9 Å². The minimum absolute atomic E-state index is 0.0232. The van der Waals surface area contributed by atoms with Crippen molar-refractivity contribution < 1.29 is 9.84 Å². The van der Waals surface area contributed by atoms with Crippen LogP contribution in [0.15, 0.2) is 0 Å². The monoisotopic (exact) mass is 194 g/mol. The molecule has 1 aliphatic rings. The summed E-state index contributed by atoms with van der Waals surface area (Å²) in [5.74, 6) is 0. The SMILES string of the molecule is CC1OCC1(O)CCBr. The highest BCUT2D eigenvalue weighted by atomic mass is 79.9. The lowest BCUT2D eigenvalue weighted by molar-refractivity contribution is -0.229. The number of aliphatic hydroxyl groups is 1. The Kier molecular flexibility index (Phi) is 2.14. The van der Waals surface area contributed by atoms with Crippen molar-refractivity contribution in [2.24, 2.45) is 0 Å². The molecule has 1 aliphatic heterocycles. The molecule has 1 heterocycles. The number of rotatable bonds is 2. The maximum atomic E-state index is 9.52. The highest BCUT2D eigenvalue weighted by Gasteiger charge is 2.42. The van der Waals surface area contributed by atoms with E-state index in [4.69, 9.17) is 4.74 Å². The van der Waals surface area contributed by atoms with Crippen molar-refractivity contribution in [3.63, 3.8) is 0 Å². The van der Waals surface area contributed by atoms with Crippen molar-refractivity contribution in [1.82, 2.24) is 0 Å². The molecular formula is C6H11BrO2. The molecule has 0 radical (unpaired) electrons. The van der Waals surface area contributed by atoms with Crippen LogP contribution < -0.4 is 0 Å². The van der Waals surface area contributed by atoms with E-state index in [0.29, 0.717) is 6.61 Å². The molecule has 2 unspecified atom stereocenters. The van der Waals surface area contributed by atoms with Crippen LogP contribution in [0.25, 0.3) is 0 Å². The largest absolute Gasteiger partial charge is 0.385 e. The molecule has 0 spiro atoms. The van der Waals surface area contributed by atoms with E-state index in [1.165, 1.54) is 0 Å². The van der Waals surface area contributed by atoms with Gasteiger partial charge < -0.3 is 9.84 Å². The van der Waals surface area contributed by atoms with Gasteiger partial charge in [-0.2, -0.15) is 0 Å². The fourth-order valence-electron chi connectivity index (χ4n) is 0.881. The van der Waals surface area contributed by atoms with Gasteiger partial charge >= 0.3 is 0 Å². The minimum Gasteiger partial charge on any atom is -0.385 e. The van der Waals surface area contributed by atoms with Gasteiger partial charge in [0.05, 0.1) is 12.7 Å². The van der Waals surface area contributed by atoms with E-state index in [9.17, 15) is 5.11 Å². The Labute approximate surface area is 63.3 Å². The Hall–Kier alpha value is 0.400. The third-order valence-corrected chi connectivity index (χ3v) is 2.26. The molecule has 0 aromatic rings. The van der Waals surface area contributed by atoms with Gasteiger partial charge in [0.15, 0.2) is 0 Å². The summed E-state index contributed by atoms with van der Waals surface area (Å²) >= 11 is 3.27. The summed E-state index contributed by atoms with van der Waals surface area (Å²) in [6.07, 6.45) is 0.809. The lowest BCUT2D eigenvalue weighted by atomic mass is 9.91. The molecule has 3 heteroatoms. The topological polar surface area (TPSA) is 29.5 Å². The smallest absolute Gasteiger partial charge is 0.114 e. The Morgan fingerprint density at radius 1 is 1.89 bits per heavy atom. The standard InChI is InChI=1S/C6H11BrO2/c1-5-6(8,2-3-7)4-9-5/h5,8H,2-4H2,1H3. The number of ether oxygens (including phenoxy) is 1. The molecule has 1 N–H and O–H groups in total. The first-order valence-electron chi connectivity index (χ1n) is 3.09. The molecule has 1 rings (SSSR count). The van der Waals surface area contributed by atoms with Crippen LogP contribution in [0.1, 0.15) is 13.3 Å². The molecule has 1 fully saturated rings. The van der Waals surface area contributed by atoms with Gasteiger partial charge in [-0.05, 0) is 13.3 Å². The van der Waals surface area contributed by atoms with E-state index in [-0.39, 0.29) is 6.10 Å². The summed E-state index contributed by atoms with van der Waals surface area (Å²) in [5.41, 5.74) is -0.538. The van der Waals surface area contributed by atoms with E-state index < -0.39 is 5.60 Å². The fraction of sp³-hybridized carbons (Fsp3) is 1.00. The van der Waals surface area contributed by atoms with Crippen molar-refractivity contribution >= 4 is 15.9 Å². The van der Waals surface area contributed by atoms with E-state index in [1.807, 2.05) is 6.92 Å². The van der Waals surface area contributed by atoms with Crippen LogP contribution in [0.2, 0.25) is 0 Å². The van der Waals surface area contributed by atoms with Crippen LogP contribution in [-0.4, -0.2) is 28.7 Å². The van der Waals surface area contributed by atoms with Gasteiger partial charge in [-0.25, -0.2) is 0 Å². The molecule has 9 heavy (non-hydrogen) atoms. The van der Waals surface area contributed by atoms with Crippen LogP contribution in [0.5, 0.6) is 0 Å². The second-order valence-corrected chi connectivity index (χ2v) is 3.29. The van der Waals surface area contributed by atoms with Crippen LogP contribution in [-0.2, 0) is 4.74 Å². The molecule has 0 aromatic carbocycles. The minimum atomic E-state index is -0.538. The Bertz CT molecular complexity index is 107. The van der Waals surface area contributed by atoms with E-state index in [0.717, 1.165) is 11.8 Å². The molecule has 0 bridgehead atoms. The Morgan fingerprint density at radius 3 is 2.67 bits per heavy atom. The lowest BCUT2D eigenvalue weighted by Crippen LogP contribution is -2.56. The summed E-state index contributed by atoms with van der Waals surface area (Å²) in [5, 5.41) is 10.4. The van der Waals surface area contributed by atoms with Crippen molar-refractivity contribution in [1.29, 1.82) is 0 Å². The first-order valence-corrected chi connectivity index (χ1v) is 4.21. The van der Waals surface area contributed by atoms with Gasteiger partial charge in [0, 0.05) is 5.33 Å². The molecule has 0 amide bonds. The van der Waals surface area contributed by atoms with E-state index >= 15 is 0 Å². The Balaban J connectivity index is 2.34. The zero-order chi connectivity index (χ0) is 6.91. The van der Waals surface area contributed by atoms with Crippen molar-refractivity contribution in [3.8, 4) is 0 Å². The van der Waals surface area contributed by atoms with Crippen LogP contribution >= 0.6 is 15.9 Å². The van der Waals surface area contributed by atoms with Crippen molar-refractivity contribution in [3.05, 3.63) is 0 Å². The van der Waals surface area contributed by atoms with Gasteiger partial charge in [-0.3, -0.25) is 0 Å². The maximum absolute atomic E-state index is 9.52. The van der Waals surface area contributed by atoms with Crippen molar-refractivity contribution in [2.45, 2.75) is 25.0 Å². The summed E-state index contributed by atoms with van der Waals surface area (Å²) in [6.45, 7) is 2.39. The highest BCUT2D eigenvalue weighted by molar-refractivity contribution is 9.09. The maximum Gasteiger partial charge on any atom is 0.114 e. The van der Waals surface area contributed by atoms with Crippen LogP contribution in [0.3, 0.4) is 0 Å². The second kappa shape index (κ2) is 2.56. The average molecular weight is 195 g/mol. The fourth-order valence-corrected chi connectivity index (χ4v) is 1.57. The molecule has 0 aromatic heterocycles. The summed E-state index contributed by atoms with van der Waals surface area (Å²) in [6, 6.07) is 0. The third-order valence-electron chi connectivity index (χ3n) is 1.87. The highest BCUT2D eigenvalue weighted by Crippen LogP contribution is 2.28. The zero-order valence-corrected chi connectivity index (χ0v) is 7.02. The van der Waals surface area contributed by atoms with E-state index in [2.05, 4.69) is 15.9 Å². The first-order chi connectivity index (χ1) is 4.19. The first kappa shape index (κ1) is 7.51.